The number of rotatable bonds is 8. The highest BCUT2D eigenvalue weighted by Crippen LogP contribution is 2.20. The molecule has 18 heavy (non-hydrogen) atoms. The molecule has 106 valence electrons. The largest absolute Gasteiger partial charge is 0.372 e. The molecule has 1 N–H and O–H groups in total. The predicted molar refractivity (Wildman–Crippen MR) is 77.9 cm³/mol. The van der Waals surface area contributed by atoms with E-state index in [9.17, 15) is 0 Å². The summed E-state index contributed by atoms with van der Waals surface area (Å²) in [6.07, 6.45) is 3.19. The van der Waals surface area contributed by atoms with Gasteiger partial charge in [0.2, 0.25) is 0 Å². The van der Waals surface area contributed by atoms with Gasteiger partial charge in [0.15, 0.2) is 0 Å². The van der Waals surface area contributed by atoms with Gasteiger partial charge in [0, 0.05) is 19.6 Å². The van der Waals surface area contributed by atoms with E-state index in [2.05, 4.69) is 44.6 Å². The molecule has 0 radical (unpaired) electrons. The molecule has 1 aliphatic rings. The molecule has 0 spiro atoms. The van der Waals surface area contributed by atoms with E-state index in [1.54, 1.807) is 0 Å². The summed E-state index contributed by atoms with van der Waals surface area (Å²) in [7, 11) is 2.14. The fourth-order valence-corrected chi connectivity index (χ4v) is 2.47. The molecule has 2 atom stereocenters. The average Bonchev–Trinajstić information content (AvgIpc) is 2.63. The summed E-state index contributed by atoms with van der Waals surface area (Å²) in [5, 5.41) is 3.48. The number of hydrogen-bond acceptors (Lipinski definition) is 3. The Morgan fingerprint density at radius 3 is 2.67 bits per heavy atom. The van der Waals surface area contributed by atoms with Crippen LogP contribution in [-0.4, -0.2) is 50.3 Å². The van der Waals surface area contributed by atoms with Gasteiger partial charge in [0.05, 0.1) is 12.2 Å². The van der Waals surface area contributed by atoms with Gasteiger partial charge in [-0.1, -0.05) is 26.0 Å². The Kier molecular flexibility index (Phi) is 6.90. The summed E-state index contributed by atoms with van der Waals surface area (Å²) in [5.74, 6) is 0.712. The van der Waals surface area contributed by atoms with Crippen molar-refractivity contribution in [1.29, 1.82) is 0 Å². The molecule has 0 bridgehead atoms. The maximum absolute atomic E-state index is 6.06. The zero-order valence-corrected chi connectivity index (χ0v) is 12.5. The van der Waals surface area contributed by atoms with Crippen molar-refractivity contribution in [2.75, 3.05) is 33.2 Å². The van der Waals surface area contributed by atoms with E-state index in [0.29, 0.717) is 18.1 Å². The number of ether oxygens (including phenoxy) is 1. The predicted octanol–water partition coefficient (Wildman–Crippen LogP) is 2.29. The van der Waals surface area contributed by atoms with Crippen molar-refractivity contribution in [3.05, 3.63) is 12.2 Å². The molecule has 2 unspecified atom stereocenters. The van der Waals surface area contributed by atoms with Crippen LogP contribution < -0.4 is 5.32 Å². The Balaban J connectivity index is 2.14. The number of hydrogen-bond donors (Lipinski definition) is 1. The Morgan fingerprint density at radius 1 is 1.39 bits per heavy atom. The van der Waals surface area contributed by atoms with Gasteiger partial charge in [0.1, 0.15) is 0 Å². The molecular weight excluding hydrogens is 224 g/mol. The standard InChI is InChI=1S/C15H30N2O/c1-12(2)8-16-9-14-6-7-15(18-14)11-17(5)10-13(3)4/h12,14-16H,3,6-11H2,1-2,4-5H3. The van der Waals surface area contributed by atoms with Crippen LogP contribution in [0.15, 0.2) is 12.2 Å². The molecule has 0 aliphatic carbocycles. The molecule has 1 fully saturated rings. The van der Waals surface area contributed by atoms with Crippen LogP contribution in [0.3, 0.4) is 0 Å². The first-order chi connectivity index (χ1) is 8.47. The lowest BCUT2D eigenvalue weighted by atomic mass is 10.1. The molecule has 1 aliphatic heterocycles. The molecule has 0 aromatic carbocycles. The summed E-state index contributed by atoms with van der Waals surface area (Å²) in [6, 6.07) is 0. The lowest BCUT2D eigenvalue weighted by Crippen LogP contribution is -2.33. The van der Waals surface area contributed by atoms with Crippen molar-refractivity contribution in [2.24, 2.45) is 5.92 Å². The van der Waals surface area contributed by atoms with Crippen molar-refractivity contribution in [1.82, 2.24) is 10.2 Å². The quantitative estimate of drug-likeness (QED) is 0.673. The van der Waals surface area contributed by atoms with Crippen LogP contribution in [0.25, 0.3) is 0 Å². The first kappa shape index (κ1) is 15.7. The van der Waals surface area contributed by atoms with Gasteiger partial charge in [-0.25, -0.2) is 0 Å². The maximum atomic E-state index is 6.06. The third-order valence-electron chi connectivity index (χ3n) is 3.18. The van der Waals surface area contributed by atoms with E-state index in [4.69, 9.17) is 4.74 Å². The zero-order chi connectivity index (χ0) is 13.5. The van der Waals surface area contributed by atoms with Gasteiger partial charge in [-0.05, 0) is 39.3 Å². The molecule has 1 saturated heterocycles. The Morgan fingerprint density at radius 2 is 2.06 bits per heavy atom. The van der Waals surface area contributed by atoms with Crippen LogP contribution in [0.5, 0.6) is 0 Å². The van der Waals surface area contributed by atoms with E-state index in [-0.39, 0.29) is 0 Å². The normalized spacial score (nSPS) is 24.1. The van der Waals surface area contributed by atoms with Gasteiger partial charge in [-0.15, -0.1) is 0 Å². The Bertz CT molecular complexity index is 253. The van der Waals surface area contributed by atoms with Crippen LogP contribution in [0.2, 0.25) is 0 Å². The van der Waals surface area contributed by atoms with Gasteiger partial charge in [-0.3, -0.25) is 4.90 Å². The second kappa shape index (κ2) is 7.93. The molecule has 0 aromatic heterocycles. The second-order valence-corrected chi connectivity index (χ2v) is 6.16. The van der Waals surface area contributed by atoms with E-state index < -0.39 is 0 Å². The van der Waals surface area contributed by atoms with Crippen LogP contribution in [0.1, 0.15) is 33.6 Å². The summed E-state index contributed by atoms with van der Waals surface area (Å²) in [4.78, 5) is 2.30. The molecular formula is C15H30N2O. The lowest BCUT2D eigenvalue weighted by molar-refractivity contribution is 0.0291. The maximum Gasteiger partial charge on any atom is 0.0707 e. The summed E-state index contributed by atoms with van der Waals surface area (Å²) in [6.45, 7) is 14.6. The van der Waals surface area contributed by atoms with Crippen molar-refractivity contribution in [3.8, 4) is 0 Å². The third-order valence-corrected chi connectivity index (χ3v) is 3.18. The van der Waals surface area contributed by atoms with Gasteiger partial charge >= 0.3 is 0 Å². The minimum atomic E-state index is 0.403. The first-order valence-corrected chi connectivity index (χ1v) is 7.16. The average molecular weight is 254 g/mol. The summed E-state index contributed by atoms with van der Waals surface area (Å²) < 4.78 is 6.06. The van der Waals surface area contributed by atoms with E-state index >= 15 is 0 Å². The fraction of sp³-hybridized carbons (Fsp3) is 0.867. The third kappa shape index (κ3) is 6.53. The molecule has 3 heteroatoms. The van der Waals surface area contributed by atoms with Crippen LogP contribution >= 0.6 is 0 Å². The monoisotopic (exact) mass is 254 g/mol. The minimum absolute atomic E-state index is 0.403. The highest BCUT2D eigenvalue weighted by molar-refractivity contribution is 4.91. The summed E-state index contributed by atoms with van der Waals surface area (Å²) in [5.41, 5.74) is 1.21. The minimum Gasteiger partial charge on any atom is -0.372 e. The van der Waals surface area contributed by atoms with Gasteiger partial charge in [0.25, 0.3) is 0 Å². The van der Waals surface area contributed by atoms with E-state index in [0.717, 1.165) is 26.2 Å². The van der Waals surface area contributed by atoms with Gasteiger partial charge < -0.3 is 10.1 Å². The lowest BCUT2D eigenvalue weighted by Gasteiger charge is -2.21. The molecule has 0 saturated carbocycles. The molecule has 3 nitrogen and oxygen atoms in total. The second-order valence-electron chi connectivity index (χ2n) is 6.16. The topological polar surface area (TPSA) is 24.5 Å². The number of nitrogens with zero attached hydrogens (tertiary/aromatic N) is 1. The van der Waals surface area contributed by atoms with Crippen molar-refractivity contribution in [3.63, 3.8) is 0 Å². The smallest absolute Gasteiger partial charge is 0.0707 e. The Labute approximate surface area is 113 Å². The first-order valence-electron chi connectivity index (χ1n) is 7.16. The van der Waals surface area contributed by atoms with E-state index in [1.807, 2.05) is 0 Å². The molecule has 0 aromatic rings. The van der Waals surface area contributed by atoms with Gasteiger partial charge in [-0.2, -0.15) is 0 Å². The molecule has 1 rings (SSSR count). The molecule has 0 amide bonds. The highest BCUT2D eigenvalue weighted by atomic mass is 16.5. The number of likely N-dealkylation sites (N-methyl/N-ethyl adjacent to an activating group) is 1. The number of nitrogens with one attached hydrogen (secondary N) is 1. The van der Waals surface area contributed by atoms with Crippen molar-refractivity contribution < 1.29 is 4.74 Å². The van der Waals surface area contributed by atoms with Crippen molar-refractivity contribution in [2.45, 2.75) is 45.8 Å². The SMILES string of the molecule is C=C(C)CN(C)CC1CCC(CNCC(C)C)O1. The van der Waals surface area contributed by atoms with Crippen LogP contribution in [0.4, 0.5) is 0 Å². The van der Waals surface area contributed by atoms with Crippen molar-refractivity contribution >= 4 is 0 Å². The fourth-order valence-electron chi connectivity index (χ4n) is 2.47. The highest BCUT2D eigenvalue weighted by Gasteiger charge is 2.25. The zero-order valence-electron chi connectivity index (χ0n) is 12.5. The van der Waals surface area contributed by atoms with E-state index in [1.165, 1.54) is 18.4 Å². The molecule has 1 heterocycles. The van der Waals surface area contributed by atoms with Crippen LogP contribution in [0, 0.1) is 5.92 Å². The van der Waals surface area contributed by atoms with Crippen LogP contribution in [-0.2, 0) is 4.74 Å². The Hall–Kier alpha value is -0.380. The summed E-state index contributed by atoms with van der Waals surface area (Å²) >= 11 is 0.